The van der Waals surface area contributed by atoms with Crippen LogP contribution in [0.2, 0.25) is 0 Å². The molecule has 0 radical (unpaired) electrons. The van der Waals surface area contributed by atoms with Gasteiger partial charge in [-0.05, 0) is 44.0 Å². The van der Waals surface area contributed by atoms with Crippen LogP contribution in [0, 0.1) is 6.92 Å². The summed E-state index contributed by atoms with van der Waals surface area (Å²) in [5.41, 5.74) is 0.993. The van der Waals surface area contributed by atoms with Gasteiger partial charge in [0.05, 0.1) is 4.90 Å². The highest BCUT2D eigenvalue weighted by molar-refractivity contribution is 7.92. The molecule has 1 aromatic heterocycles. The molecule has 0 saturated heterocycles. The average Bonchev–Trinajstić information content (AvgIpc) is 2.56. The van der Waals surface area contributed by atoms with Crippen LogP contribution in [0.4, 0.5) is 5.82 Å². The molecule has 23 heavy (non-hydrogen) atoms. The van der Waals surface area contributed by atoms with E-state index in [9.17, 15) is 8.42 Å². The number of anilines is 1. The van der Waals surface area contributed by atoms with Crippen molar-refractivity contribution in [2.75, 3.05) is 10.8 Å². The second kappa shape index (κ2) is 7.73. The predicted octanol–water partition coefficient (Wildman–Crippen LogP) is 2.83. The predicted molar refractivity (Wildman–Crippen MR) is 89.5 cm³/mol. The molecular formula is C16H19N3O3S. The SMILES string of the molecule is Cc1ccc(S(=O)(=O)N(CCCC=NO)c2ccccn2)cc1. The highest BCUT2D eigenvalue weighted by atomic mass is 32.2. The maximum absolute atomic E-state index is 12.9. The lowest BCUT2D eigenvalue weighted by molar-refractivity contribution is 0.320. The minimum absolute atomic E-state index is 0.226. The lowest BCUT2D eigenvalue weighted by Gasteiger charge is -2.23. The number of hydrogen-bond donors (Lipinski definition) is 1. The summed E-state index contributed by atoms with van der Waals surface area (Å²) < 4.78 is 27.1. The van der Waals surface area contributed by atoms with Gasteiger partial charge in [0.1, 0.15) is 5.82 Å². The fraction of sp³-hybridized carbons (Fsp3) is 0.250. The van der Waals surface area contributed by atoms with Crippen LogP contribution in [0.3, 0.4) is 0 Å². The molecule has 0 aliphatic rings. The minimum Gasteiger partial charge on any atom is -0.411 e. The molecule has 1 N–H and O–H groups in total. The maximum Gasteiger partial charge on any atom is 0.265 e. The van der Waals surface area contributed by atoms with Crippen LogP contribution in [0.25, 0.3) is 0 Å². The van der Waals surface area contributed by atoms with Gasteiger partial charge < -0.3 is 5.21 Å². The van der Waals surface area contributed by atoms with Crippen molar-refractivity contribution in [3.05, 3.63) is 54.2 Å². The van der Waals surface area contributed by atoms with Gasteiger partial charge in [0, 0.05) is 19.0 Å². The van der Waals surface area contributed by atoms with Gasteiger partial charge in [0.15, 0.2) is 0 Å². The van der Waals surface area contributed by atoms with Crippen LogP contribution in [-0.2, 0) is 10.0 Å². The number of rotatable bonds is 7. The highest BCUT2D eigenvalue weighted by Gasteiger charge is 2.25. The molecule has 0 aliphatic heterocycles. The fourth-order valence-electron chi connectivity index (χ4n) is 2.08. The summed E-state index contributed by atoms with van der Waals surface area (Å²) in [5.74, 6) is 0.369. The van der Waals surface area contributed by atoms with Gasteiger partial charge in [-0.2, -0.15) is 0 Å². The van der Waals surface area contributed by atoms with Crippen molar-refractivity contribution in [2.24, 2.45) is 5.16 Å². The molecule has 2 rings (SSSR count). The van der Waals surface area contributed by atoms with Gasteiger partial charge in [0.25, 0.3) is 10.0 Å². The quantitative estimate of drug-likeness (QED) is 0.365. The Bertz CT molecular complexity index is 744. The molecule has 6 nitrogen and oxygen atoms in total. The van der Waals surface area contributed by atoms with Crippen LogP contribution in [0.1, 0.15) is 18.4 Å². The van der Waals surface area contributed by atoms with Gasteiger partial charge >= 0.3 is 0 Å². The molecule has 122 valence electrons. The smallest absolute Gasteiger partial charge is 0.265 e. The number of benzene rings is 1. The molecule has 0 aliphatic carbocycles. The van der Waals surface area contributed by atoms with E-state index in [1.807, 2.05) is 6.92 Å². The Hall–Kier alpha value is -2.41. The summed E-state index contributed by atoms with van der Waals surface area (Å²) in [4.78, 5) is 4.38. The van der Waals surface area contributed by atoms with E-state index < -0.39 is 10.0 Å². The molecule has 0 saturated carbocycles. The normalized spacial score (nSPS) is 11.7. The second-order valence-corrected chi connectivity index (χ2v) is 6.88. The van der Waals surface area contributed by atoms with Crippen molar-refractivity contribution in [1.82, 2.24) is 4.98 Å². The van der Waals surface area contributed by atoms with Crippen LogP contribution in [0.5, 0.6) is 0 Å². The van der Waals surface area contributed by atoms with Gasteiger partial charge in [-0.15, -0.1) is 5.16 Å². The number of pyridine rings is 1. The number of unbranched alkanes of at least 4 members (excludes halogenated alkanes) is 1. The Kier molecular flexibility index (Phi) is 5.70. The highest BCUT2D eigenvalue weighted by Crippen LogP contribution is 2.22. The first-order valence-corrected chi connectivity index (χ1v) is 8.66. The first kappa shape index (κ1) is 17.0. The summed E-state index contributed by atoms with van der Waals surface area (Å²) in [6.07, 6.45) is 3.90. The number of sulfonamides is 1. The number of oxime groups is 1. The third-order valence-corrected chi connectivity index (χ3v) is 5.11. The summed E-state index contributed by atoms with van der Waals surface area (Å²) in [5, 5.41) is 11.4. The third-order valence-electron chi connectivity index (χ3n) is 3.29. The second-order valence-electron chi connectivity index (χ2n) is 5.02. The molecule has 7 heteroatoms. The monoisotopic (exact) mass is 333 g/mol. The van der Waals surface area contributed by atoms with Gasteiger partial charge in [-0.1, -0.05) is 23.8 Å². The van der Waals surface area contributed by atoms with E-state index in [1.54, 1.807) is 48.7 Å². The van der Waals surface area contributed by atoms with Crippen molar-refractivity contribution in [3.63, 3.8) is 0 Å². The van der Waals surface area contributed by atoms with E-state index in [4.69, 9.17) is 5.21 Å². The van der Waals surface area contributed by atoms with E-state index in [1.165, 1.54) is 10.5 Å². The zero-order chi connectivity index (χ0) is 16.7. The maximum atomic E-state index is 12.9. The molecule has 2 aromatic rings. The molecule has 0 amide bonds. The van der Waals surface area contributed by atoms with Crippen molar-refractivity contribution >= 4 is 22.1 Å². The standard InChI is InChI=1S/C16H19N3O3S/c1-14-7-9-15(10-8-14)23(21,22)19(13-5-4-12-18-20)16-6-2-3-11-17-16/h2-3,6-12,20H,4-5,13H2,1H3. The van der Waals surface area contributed by atoms with Crippen molar-refractivity contribution in [2.45, 2.75) is 24.7 Å². The largest absolute Gasteiger partial charge is 0.411 e. The zero-order valence-electron chi connectivity index (χ0n) is 12.8. The van der Waals surface area contributed by atoms with Crippen LogP contribution in [0.15, 0.2) is 58.7 Å². The third kappa shape index (κ3) is 4.29. The first-order valence-electron chi connectivity index (χ1n) is 7.22. The van der Waals surface area contributed by atoms with E-state index >= 15 is 0 Å². The Labute approximate surface area is 136 Å². The van der Waals surface area contributed by atoms with Crippen molar-refractivity contribution in [1.29, 1.82) is 0 Å². The van der Waals surface area contributed by atoms with Crippen LogP contribution < -0.4 is 4.31 Å². The number of hydrogen-bond acceptors (Lipinski definition) is 5. The fourth-order valence-corrected chi connectivity index (χ4v) is 3.54. The Balaban J connectivity index is 2.33. The number of aromatic nitrogens is 1. The zero-order valence-corrected chi connectivity index (χ0v) is 13.6. The van der Waals surface area contributed by atoms with Crippen molar-refractivity contribution < 1.29 is 13.6 Å². The summed E-state index contributed by atoms with van der Waals surface area (Å²) in [6, 6.07) is 11.9. The van der Waals surface area contributed by atoms with Gasteiger partial charge in [-0.25, -0.2) is 17.7 Å². The molecule has 0 unspecified atom stereocenters. The first-order chi connectivity index (χ1) is 11.1. The summed E-state index contributed by atoms with van der Waals surface area (Å²) in [6.45, 7) is 2.15. The lowest BCUT2D eigenvalue weighted by Crippen LogP contribution is -2.32. The van der Waals surface area contributed by atoms with Gasteiger partial charge in [-0.3, -0.25) is 0 Å². The molecule has 0 atom stereocenters. The summed E-state index contributed by atoms with van der Waals surface area (Å²) in [7, 11) is -3.69. The van der Waals surface area contributed by atoms with E-state index in [2.05, 4.69) is 10.1 Å². The molecule has 1 aromatic carbocycles. The number of aryl methyl sites for hydroxylation is 1. The Morgan fingerprint density at radius 2 is 1.96 bits per heavy atom. The molecular weight excluding hydrogens is 314 g/mol. The lowest BCUT2D eigenvalue weighted by atomic mass is 10.2. The van der Waals surface area contributed by atoms with Crippen LogP contribution in [-0.4, -0.2) is 31.4 Å². The Morgan fingerprint density at radius 3 is 2.57 bits per heavy atom. The minimum atomic E-state index is -3.69. The van der Waals surface area contributed by atoms with Crippen molar-refractivity contribution in [3.8, 4) is 0 Å². The Morgan fingerprint density at radius 1 is 1.22 bits per heavy atom. The molecule has 0 fully saturated rings. The van der Waals surface area contributed by atoms with Crippen LogP contribution >= 0.6 is 0 Å². The average molecular weight is 333 g/mol. The topological polar surface area (TPSA) is 82.9 Å². The van der Waals surface area contributed by atoms with E-state index in [-0.39, 0.29) is 11.4 Å². The molecule has 0 bridgehead atoms. The van der Waals surface area contributed by atoms with E-state index in [0.29, 0.717) is 18.7 Å². The summed E-state index contributed by atoms with van der Waals surface area (Å²) >= 11 is 0. The number of nitrogens with zero attached hydrogens (tertiary/aromatic N) is 3. The van der Waals surface area contributed by atoms with Gasteiger partial charge in [0.2, 0.25) is 0 Å². The molecule has 0 spiro atoms. The van der Waals surface area contributed by atoms with E-state index in [0.717, 1.165) is 5.56 Å². The molecule has 1 heterocycles.